The lowest BCUT2D eigenvalue weighted by molar-refractivity contribution is 0.174. The normalized spacial score (nSPS) is 12.7. The van der Waals surface area contributed by atoms with Crippen molar-refractivity contribution in [2.75, 3.05) is 0 Å². The number of rotatable bonds is 5. The summed E-state index contributed by atoms with van der Waals surface area (Å²) in [5, 5.41) is 10.4. The van der Waals surface area contributed by atoms with E-state index in [-0.39, 0.29) is 0 Å². The fourth-order valence-corrected chi connectivity index (χ4v) is 2.72. The number of aliphatic hydroxyl groups is 1. The topological polar surface area (TPSA) is 38.0 Å². The van der Waals surface area contributed by atoms with E-state index in [1.54, 1.807) is 0 Å². The van der Waals surface area contributed by atoms with Gasteiger partial charge in [0, 0.05) is 13.0 Å². The molecule has 3 heteroatoms. The number of para-hydroxylation sites is 2. The van der Waals surface area contributed by atoms with Crippen LogP contribution in [0.15, 0.2) is 54.6 Å². The van der Waals surface area contributed by atoms with E-state index >= 15 is 0 Å². The number of benzene rings is 2. The van der Waals surface area contributed by atoms with Crippen LogP contribution in [0.2, 0.25) is 0 Å². The van der Waals surface area contributed by atoms with E-state index in [0.29, 0.717) is 6.42 Å². The Hall–Kier alpha value is -2.13. The van der Waals surface area contributed by atoms with Gasteiger partial charge in [-0.15, -0.1) is 0 Å². The highest BCUT2D eigenvalue weighted by Crippen LogP contribution is 2.22. The summed E-state index contributed by atoms with van der Waals surface area (Å²) in [4.78, 5) is 4.70. The minimum Gasteiger partial charge on any atom is -0.388 e. The van der Waals surface area contributed by atoms with Gasteiger partial charge in [-0.05, 0) is 24.1 Å². The highest BCUT2D eigenvalue weighted by molar-refractivity contribution is 5.75. The molecule has 0 fully saturated rings. The number of fused-ring (bicyclic) bond motifs is 1. The van der Waals surface area contributed by atoms with Crippen molar-refractivity contribution in [1.29, 1.82) is 0 Å². The summed E-state index contributed by atoms with van der Waals surface area (Å²) in [7, 11) is 0. The van der Waals surface area contributed by atoms with E-state index in [0.717, 1.165) is 35.4 Å². The number of aromatic nitrogens is 2. The van der Waals surface area contributed by atoms with Gasteiger partial charge in [0.25, 0.3) is 0 Å². The predicted octanol–water partition coefficient (Wildman–Crippen LogP) is 3.72. The molecule has 1 atom stereocenters. The standard InChI is InChI=1S/C18H20N2O/c1-2-12-20-16-11-7-6-10-15(16)19-18(20)13-17(21)14-8-4-3-5-9-14/h3-11,17,21H,2,12-13H2,1H3. The van der Waals surface area contributed by atoms with Gasteiger partial charge in [-0.1, -0.05) is 49.4 Å². The summed E-state index contributed by atoms with van der Waals surface area (Å²) >= 11 is 0. The van der Waals surface area contributed by atoms with Crippen molar-refractivity contribution in [3.05, 3.63) is 66.0 Å². The number of imidazole rings is 1. The van der Waals surface area contributed by atoms with Crippen LogP contribution in [0.4, 0.5) is 0 Å². The lowest BCUT2D eigenvalue weighted by Crippen LogP contribution is -2.09. The van der Waals surface area contributed by atoms with Crippen LogP contribution in [-0.4, -0.2) is 14.7 Å². The molecule has 3 rings (SSSR count). The molecule has 0 amide bonds. The summed E-state index contributed by atoms with van der Waals surface area (Å²) < 4.78 is 2.22. The molecular formula is C18H20N2O. The van der Waals surface area contributed by atoms with Gasteiger partial charge in [-0.25, -0.2) is 4.98 Å². The maximum atomic E-state index is 10.4. The minimum absolute atomic E-state index is 0.515. The van der Waals surface area contributed by atoms with Crippen LogP contribution < -0.4 is 0 Å². The van der Waals surface area contributed by atoms with E-state index in [1.165, 1.54) is 0 Å². The number of aryl methyl sites for hydroxylation is 1. The zero-order valence-electron chi connectivity index (χ0n) is 12.2. The van der Waals surface area contributed by atoms with Crippen LogP contribution in [0.3, 0.4) is 0 Å². The molecule has 0 aliphatic rings. The summed E-state index contributed by atoms with van der Waals surface area (Å²) in [6, 6.07) is 17.9. The molecule has 3 aromatic rings. The molecule has 108 valence electrons. The third kappa shape index (κ3) is 2.83. The Bertz CT molecular complexity index is 718. The molecule has 0 spiro atoms. The molecule has 1 unspecified atom stereocenters. The lowest BCUT2D eigenvalue weighted by atomic mass is 10.1. The molecule has 0 saturated heterocycles. The first-order valence-electron chi connectivity index (χ1n) is 7.46. The van der Waals surface area contributed by atoms with Crippen molar-refractivity contribution in [3.63, 3.8) is 0 Å². The molecule has 0 aliphatic heterocycles. The molecule has 0 aliphatic carbocycles. The predicted molar refractivity (Wildman–Crippen MR) is 85.1 cm³/mol. The van der Waals surface area contributed by atoms with Gasteiger partial charge < -0.3 is 9.67 Å². The monoisotopic (exact) mass is 280 g/mol. The lowest BCUT2D eigenvalue weighted by Gasteiger charge is -2.12. The van der Waals surface area contributed by atoms with Crippen LogP contribution in [0.1, 0.15) is 30.8 Å². The third-order valence-electron chi connectivity index (χ3n) is 3.74. The Morgan fingerprint density at radius 1 is 1.05 bits per heavy atom. The number of hydrogen-bond donors (Lipinski definition) is 1. The average molecular weight is 280 g/mol. The molecular weight excluding hydrogens is 260 g/mol. The second-order valence-electron chi connectivity index (χ2n) is 5.30. The maximum absolute atomic E-state index is 10.4. The van der Waals surface area contributed by atoms with Gasteiger partial charge in [0.05, 0.1) is 17.1 Å². The average Bonchev–Trinajstić information content (AvgIpc) is 2.86. The van der Waals surface area contributed by atoms with E-state index in [4.69, 9.17) is 4.98 Å². The molecule has 0 radical (unpaired) electrons. The zero-order valence-corrected chi connectivity index (χ0v) is 12.2. The molecule has 0 saturated carbocycles. The van der Waals surface area contributed by atoms with E-state index in [9.17, 15) is 5.11 Å². The van der Waals surface area contributed by atoms with Gasteiger partial charge >= 0.3 is 0 Å². The van der Waals surface area contributed by atoms with Crippen LogP contribution >= 0.6 is 0 Å². The van der Waals surface area contributed by atoms with Crippen molar-refractivity contribution in [2.45, 2.75) is 32.4 Å². The third-order valence-corrected chi connectivity index (χ3v) is 3.74. The first kappa shape index (κ1) is 13.8. The van der Waals surface area contributed by atoms with Crippen LogP contribution in [-0.2, 0) is 13.0 Å². The maximum Gasteiger partial charge on any atom is 0.112 e. The summed E-state index contributed by atoms with van der Waals surface area (Å²) in [5.41, 5.74) is 3.09. The van der Waals surface area contributed by atoms with E-state index < -0.39 is 6.10 Å². The van der Waals surface area contributed by atoms with Crippen LogP contribution in [0, 0.1) is 0 Å². The largest absolute Gasteiger partial charge is 0.388 e. The van der Waals surface area contributed by atoms with E-state index in [2.05, 4.69) is 17.6 Å². The molecule has 1 N–H and O–H groups in total. The van der Waals surface area contributed by atoms with Crippen molar-refractivity contribution >= 4 is 11.0 Å². The second kappa shape index (κ2) is 6.10. The Morgan fingerprint density at radius 2 is 1.76 bits per heavy atom. The van der Waals surface area contributed by atoms with Gasteiger partial charge in [0.15, 0.2) is 0 Å². The zero-order chi connectivity index (χ0) is 14.7. The molecule has 1 heterocycles. The molecule has 3 nitrogen and oxygen atoms in total. The van der Waals surface area contributed by atoms with E-state index in [1.807, 2.05) is 48.5 Å². The first-order valence-corrected chi connectivity index (χ1v) is 7.46. The van der Waals surface area contributed by atoms with Crippen molar-refractivity contribution in [3.8, 4) is 0 Å². The summed E-state index contributed by atoms with van der Waals surface area (Å²) in [5.74, 6) is 0.953. The van der Waals surface area contributed by atoms with Crippen molar-refractivity contribution < 1.29 is 5.11 Å². The number of aliphatic hydroxyl groups excluding tert-OH is 1. The summed E-state index contributed by atoms with van der Waals surface area (Å²) in [6.45, 7) is 3.09. The second-order valence-corrected chi connectivity index (χ2v) is 5.30. The summed E-state index contributed by atoms with van der Waals surface area (Å²) in [6.07, 6.45) is 1.08. The SMILES string of the molecule is CCCn1c(CC(O)c2ccccc2)nc2ccccc21. The van der Waals surface area contributed by atoms with Gasteiger partial charge in [-0.3, -0.25) is 0 Å². The highest BCUT2D eigenvalue weighted by Gasteiger charge is 2.15. The Labute approximate surface area is 124 Å². The first-order chi connectivity index (χ1) is 10.3. The fourth-order valence-electron chi connectivity index (χ4n) is 2.72. The molecule has 2 aromatic carbocycles. The smallest absolute Gasteiger partial charge is 0.112 e. The highest BCUT2D eigenvalue weighted by atomic mass is 16.3. The number of hydrogen-bond acceptors (Lipinski definition) is 2. The van der Waals surface area contributed by atoms with Crippen LogP contribution in [0.25, 0.3) is 11.0 Å². The molecule has 1 aromatic heterocycles. The van der Waals surface area contributed by atoms with Gasteiger partial charge in [-0.2, -0.15) is 0 Å². The Kier molecular flexibility index (Phi) is 4.02. The number of nitrogens with zero attached hydrogens (tertiary/aromatic N) is 2. The van der Waals surface area contributed by atoms with Gasteiger partial charge in [0.1, 0.15) is 5.82 Å². The quantitative estimate of drug-likeness (QED) is 0.773. The van der Waals surface area contributed by atoms with Crippen LogP contribution in [0.5, 0.6) is 0 Å². The van der Waals surface area contributed by atoms with Crippen molar-refractivity contribution in [2.24, 2.45) is 0 Å². The Balaban J connectivity index is 1.94. The van der Waals surface area contributed by atoms with Gasteiger partial charge in [0.2, 0.25) is 0 Å². The fraction of sp³-hybridized carbons (Fsp3) is 0.278. The minimum atomic E-state index is -0.515. The molecule has 0 bridgehead atoms. The molecule has 21 heavy (non-hydrogen) atoms. The van der Waals surface area contributed by atoms with Crippen molar-refractivity contribution in [1.82, 2.24) is 9.55 Å². The Morgan fingerprint density at radius 3 is 2.52 bits per heavy atom.